The molecule has 330 valence electrons. The van der Waals surface area contributed by atoms with Crippen LogP contribution >= 0.6 is 0 Å². The Hall–Kier alpha value is -1.98. The summed E-state index contributed by atoms with van der Waals surface area (Å²) in [5.74, 6) is -0.821. The van der Waals surface area contributed by atoms with Crippen LogP contribution in [0.2, 0.25) is 0 Å². The number of alkyl carbamates (subject to hydrolysis) is 1. The van der Waals surface area contributed by atoms with Gasteiger partial charge in [0, 0.05) is 58.1 Å². The van der Waals surface area contributed by atoms with E-state index in [1.807, 2.05) is 0 Å². The molecule has 10 aliphatic rings. The number of hydrogen-bond donors (Lipinski definition) is 2. The highest BCUT2D eigenvalue weighted by Crippen LogP contribution is 2.54. The van der Waals surface area contributed by atoms with Crippen LogP contribution in [0.5, 0.6) is 0 Å². The topological polar surface area (TPSA) is 159 Å². The number of Topliss-reactive ketones (excluding diaryl/α,β-unsaturated/α-hetero) is 1. The monoisotopic (exact) mass is 829 g/mol. The Balaban J connectivity index is 0.955. The predicted molar refractivity (Wildman–Crippen MR) is 211 cm³/mol. The first-order valence-corrected chi connectivity index (χ1v) is 22.5. The van der Waals surface area contributed by atoms with Gasteiger partial charge in [-0.3, -0.25) is 4.79 Å². The molecule has 1 spiro atoms. The van der Waals surface area contributed by atoms with E-state index in [1.165, 1.54) is 0 Å². The molecular formula is C45H67NO13. The third-order valence-electron chi connectivity index (χ3n) is 14.6. The molecule has 1 amide bonds. The Morgan fingerprint density at radius 3 is 2.36 bits per heavy atom. The van der Waals surface area contributed by atoms with Gasteiger partial charge in [-0.25, -0.2) is 4.79 Å². The highest BCUT2D eigenvalue weighted by molar-refractivity contribution is 5.79. The number of methoxy groups -OCH3 is 1. The lowest BCUT2D eigenvalue weighted by Crippen LogP contribution is -2.61. The first kappa shape index (κ1) is 42.3. The predicted octanol–water partition coefficient (Wildman–Crippen LogP) is 5.00. The van der Waals surface area contributed by atoms with Gasteiger partial charge in [-0.05, 0) is 82.8 Å². The number of hydrogen-bond acceptors (Lipinski definition) is 13. The smallest absolute Gasteiger partial charge is 0.407 e. The molecule has 10 saturated heterocycles. The van der Waals surface area contributed by atoms with Crippen LogP contribution in [0, 0.1) is 11.8 Å². The molecule has 0 aromatic carbocycles. The Morgan fingerprint density at radius 2 is 1.56 bits per heavy atom. The Morgan fingerprint density at radius 1 is 0.831 bits per heavy atom. The minimum Gasteiger partial charge on any atom is -0.444 e. The molecule has 10 rings (SSSR count). The Bertz CT molecular complexity index is 1600. The molecule has 12 bridgehead atoms. The van der Waals surface area contributed by atoms with Crippen molar-refractivity contribution in [3.63, 3.8) is 0 Å². The third-order valence-corrected chi connectivity index (χ3v) is 14.6. The number of carbonyl (C=O) groups excluding carboxylic acids is 2. The van der Waals surface area contributed by atoms with Crippen LogP contribution in [0.25, 0.3) is 0 Å². The standard InChI is InChI=1S/C45H67NO13/c1-22-14-27-8-10-31-23(2)15-29(51-31)12-13-45-20-36-39(57-45)40-41(56-36)42(58-45)38-32(55-40)11-9-28(53-38)16-25(47)17-30-34(19-33(52-27)24(22)3)54-35(37(30)50-7)18-26(48)21-46-43(49)59-44(4,5)6/h22,26-42,48H,2-3,8-21H2,1,4-7H3,(H,46,49)/t22-,26+,27+,28-,29+,30+,31+,32+,33-,34+,35-,36-,37-,38+,39?,40+,41-,42+,45+/m1/s1. The zero-order valence-electron chi connectivity index (χ0n) is 35.6. The molecule has 0 saturated carbocycles. The van der Waals surface area contributed by atoms with Gasteiger partial charge in [0.05, 0.1) is 67.1 Å². The molecule has 10 fully saturated rings. The number of rotatable bonds is 5. The number of fused-ring (bicyclic) bond motifs is 6. The summed E-state index contributed by atoms with van der Waals surface area (Å²) in [7, 11) is 1.63. The highest BCUT2D eigenvalue weighted by atomic mass is 16.8. The van der Waals surface area contributed by atoms with Crippen molar-refractivity contribution < 1.29 is 62.1 Å². The average Bonchev–Trinajstić information content (AvgIpc) is 3.85. The molecule has 1 unspecified atom stereocenters. The van der Waals surface area contributed by atoms with E-state index in [0.29, 0.717) is 25.7 Å². The summed E-state index contributed by atoms with van der Waals surface area (Å²) in [6.45, 7) is 16.5. The molecule has 0 aromatic rings. The summed E-state index contributed by atoms with van der Waals surface area (Å²) in [6.07, 6.45) is 2.78. The van der Waals surface area contributed by atoms with Crippen LogP contribution < -0.4 is 5.32 Å². The van der Waals surface area contributed by atoms with Crippen molar-refractivity contribution in [1.82, 2.24) is 5.32 Å². The normalized spacial score (nSPS) is 47.7. The van der Waals surface area contributed by atoms with Gasteiger partial charge in [-0.1, -0.05) is 20.1 Å². The van der Waals surface area contributed by atoms with E-state index in [9.17, 15) is 14.7 Å². The fourth-order valence-corrected chi connectivity index (χ4v) is 11.8. The van der Waals surface area contributed by atoms with Crippen molar-refractivity contribution in [2.24, 2.45) is 11.8 Å². The van der Waals surface area contributed by atoms with Gasteiger partial charge in [0.2, 0.25) is 0 Å². The van der Waals surface area contributed by atoms with Crippen molar-refractivity contribution in [2.45, 2.75) is 220 Å². The maximum absolute atomic E-state index is 14.2. The average molecular weight is 830 g/mol. The summed E-state index contributed by atoms with van der Waals surface area (Å²) >= 11 is 0. The quantitative estimate of drug-likeness (QED) is 0.357. The van der Waals surface area contributed by atoms with E-state index in [0.717, 1.165) is 49.7 Å². The van der Waals surface area contributed by atoms with E-state index in [-0.39, 0.29) is 117 Å². The van der Waals surface area contributed by atoms with Gasteiger partial charge >= 0.3 is 6.09 Å². The molecular weight excluding hydrogens is 762 g/mol. The van der Waals surface area contributed by atoms with Crippen LogP contribution in [-0.2, 0) is 52.2 Å². The summed E-state index contributed by atoms with van der Waals surface area (Å²) in [5, 5.41) is 13.8. The molecule has 59 heavy (non-hydrogen) atoms. The van der Waals surface area contributed by atoms with E-state index < -0.39 is 41.9 Å². The van der Waals surface area contributed by atoms with Crippen LogP contribution in [0.3, 0.4) is 0 Å². The first-order valence-electron chi connectivity index (χ1n) is 22.5. The largest absolute Gasteiger partial charge is 0.444 e. The second kappa shape index (κ2) is 16.6. The molecule has 19 atom stereocenters. The minimum absolute atomic E-state index is 0.000416. The van der Waals surface area contributed by atoms with Crippen LogP contribution in [0.15, 0.2) is 24.3 Å². The molecule has 2 N–H and O–H groups in total. The fourth-order valence-electron chi connectivity index (χ4n) is 11.8. The molecule has 0 aromatic heterocycles. The molecule has 14 nitrogen and oxygen atoms in total. The van der Waals surface area contributed by atoms with E-state index in [1.54, 1.807) is 27.9 Å². The van der Waals surface area contributed by atoms with Crippen molar-refractivity contribution in [2.75, 3.05) is 13.7 Å². The first-order chi connectivity index (χ1) is 28.1. The van der Waals surface area contributed by atoms with Crippen LogP contribution in [0.1, 0.15) is 111 Å². The summed E-state index contributed by atoms with van der Waals surface area (Å²) in [4.78, 5) is 26.6. The van der Waals surface area contributed by atoms with Gasteiger partial charge < -0.3 is 57.8 Å². The summed E-state index contributed by atoms with van der Waals surface area (Å²) < 4.78 is 65.7. The Labute approximate surface area is 348 Å². The molecule has 10 aliphatic heterocycles. The van der Waals surface area contributed by atoms with Crippen LogP contribution in [-0.4, -0.2) is 140 Å². The SMILES string of the molecule is C=C1C[C@@H]2CC[C@@]34C[C@H]5O[C@H]6[C@@H](O3)[C@H]3O[C@H](CC[C@@H]3O[C@H]6C5O4)CC(=O)C[C@@H]3[C@@H](OC)[C@@H](C[C@H](O)CNC(=O)OC(C)(C)C)O[C@H]3C[C@H]3O[C@@H](CC[C@@H]1O2)C[C@@H](C)C3=C. The third kappa shape index (κ3) is 8.71. The van der Waals surface area contributed by atoms with Gasteiger partial charge in [0.1, 0.15) is 41.9 Å². The molecule has 0 radical (unpaired) electrons. The van der Waals surface area contributed by atoms with Gasteiger partial charge in [-0.2, -0.15) is 0 Å². The highest BCUT2D eigenvalue weighted by Gasteiger charge is 2.68. The van der Waals surface area contributed by atoms with E-state index >= 15 is 0 Å². The number of amides is 1. The lowest BCUT2D eigenvalue weighted by atomic mass is 9.81. The zero-order chi connectivity index (χ0) is 41.4. The Kier molecular flexibility index (Phi) is 11.9. The number of ketones is 1. The van der Waals surface area contributed by atoms with E-state index in [2.05, 4.69) is 25.4 Å². The lowest BCUT2D eigenvalue weighted by Gasteiger charge is -2.47. The lowest BCUT2D eigenvalue weighted by molar-refractivity contribution is -0.292. The molecule has 14 heteroatoms. The zero-order valence-corrected chi connectivity index (χ0v) is 35.6. The summed E-state index contributed by atoms with van der Waals surface area (Å²) in [5.41, 5.74) is 1.48. The molecule has 10 heterocycles. The van der Waals surface area contributed by atoms with Crippen molar-refractivity contribution in [3.8, 4) is 0 Å². The van der Waals surface area contributed by atoms with Gasteiger partial charge in [-0.15, -0.1) is 0 Å². The second-order valence-electron chi connectivity index (χ2n) is 20.1. The fraction of sp³-hybridized carbons (Fsp3) is 0.867. The number of nitrogens with one attached hydrogen (secondary N) is 1. The van der Waals surface area contributed by atoms with Gasteiger partial charge in [0.15, 0.2) is 5.79 Å². The summed E-state index contributed by atoms with van der Waals surface area (Å²) in [6, 6.07) is 0. The van der Waals surface area contributed by atoms with Crippen LogP contribution in [0.4, 0.5) is 4.79 Å². The maximum Gasteiger partial charge on any atom is 0.407 e. The van der Waals surface area contributed by atoms with Crippen molar-refractivity contribution in [3.05, 3.63) is 24.3 Å². The maximum atomic E-state index is 14.2. The van der Waals surface area contributed by atoms with Crippen molar-refractivity contribution in [1.29, 1.82) is 0 Å². The van der Waals surface area contributed by atoms with Gasteiger partial charge in [0.25, 0.3) is 0 Å². The number of carbonyl (C=O) groups is 2. The number of ether oxygens (including phenoxy) is 10. The van der Waals surface area contributed by atoms with E-state index in [4.69, 9.17) is 47.4 Å². The molecule has 0 aliphatic carbocycles. The minimum atomic E-state index is -0.935. The number of aliphatic hydroxyl groups excluding tert-OH is 1. The second-order valence-corrected chi connectivity index (χ2v) is 20.1. The van der Waals surface area contributed by atoms with Crippen molar-refractivity contribution >= 4 is 11.9 Å². The number of aliphatic hydroxyl groups is 1.